The number of rotatable bonds is 9. The Morgan fingerprint density at radius 3 is 2.09 bits per heavy atom. The number of benzene rings is 2. The van der Waals surface area contributed by atoms with E-state index in [0.717, 1.165) is 11.1 Å². The van der Waals surface area contributed by atoms with Gasteiger partial charge in [-0.25, -0.2) is 0 Å². The maximum Gasteiger partial charge on any atom is 0.304 e. The van der Waals surface area contributed by atoms with Crippen LogP contribution < -0.4 is 16.2 Å². The highest BCUT2D eigenvalue weighted by molar-refractivity contribution is 5.95. The van der Waals surface area contributed by atoms with Gasteiger partial charge in [0.15, 0.2) is 0 Å². The van der Waals surface area contributed by atoms with Crippen molar-refractivity contribution in [3.8, 4) is 16.9 Å². The summed E-state index contributed by atoms with van der Waals surface area (Å²) in [7, 11) is 0. The van der Waals surface area contributed by atoms with Crippen LogP contribution in [0.2, 0.25) is 0 Å². The van der Waals surface area contributed by atoms with Crippen LogP contribution in [0.1, 0.15) is 18.4 Å². The van der Waals surface area contributed by atoms with E-state index in [0.29, 0.717) is 17.7 Å². The van der Waals surface area contributed by atoms with Crippen LogP contribution in [-0.2, 0) is 14.4 Å². The summed E-state index contributed by atoms with van der Waals surface area (Å²) in [5.41, 5.74) is 13.3. The van der Waals surface area contributed by atoms with Crippen LogP contribution in [0.15, 0.2) is 48.5 Å². The molecule has 2 amide bonds. The summed E-state index contributed by atoms with van der Waals surface area (Å²) in [6.07, 6.45) is 0.000699. The van der Waals surface area contributed by atoms with E-state index < -0.39 is 23.8 Å². The zero-order valence-electron chi connectivity index (χ0n) is 17.7. The zero-order valence-corrected chi connectivity index (χ0v) is 18.5. The van der Waals surface area contributed by atoms with Gasteiger partial charge in [0.1, 0.15) is 18.2 Å². The highest BCUT2D eigenvalue weighted by atomic mass is 35.5. The van der Waals surface area contributed by atoms with Crippen molar-refractivity contribution >= 4 is 36.0 Å². The number of hydrogen-bond acceptors (Lipinski definition) is 5. The fourth-order valence-corrected chi connectivity index (χ4v) is 3.66. The lowest BCUT2D eigenvalue weighted by atomic mass is 10.0. The lowest BCUT2D eigenvalue weighted by Crippen LogP contribution is -2.42. The summed E-state index contributed by atoms with van der Waals surface area (Å²) in [5.74, 6) is -2.21. The second-order valence-electron chi connectivity index (χ2n) is 7.44. The van der Waals surface area contributed by atoms with Crippen molar-refractivity contribution in [2.24, 2.45) is 17.4 Å². The molecule has 2 atom stereocenters. The largest absolute Gasteiger partial charge is 0.491 e. The van der Waals surface area contributed by atoms with Gasteiger partial charge in [0.25, 0.3) is 0 Å². The minimum Gasteiger partial charge on any atom is -0.491 e. The lowest BCUT2D eigenvalue weighted by molar-refractivity contribution is -0.142. The number of amidine groups is 1. The van der Waals surface area contributed by atoms with Crippen molar-refractivity contribution in [1.29, 1.82) is 5.41 Å². The van der Waals surface area contributed by atoms with Gasteiger partial charge in [-0.05, 0) is 29.7 Å². The number of likely N-dealkylation sites (tertiary alicyclic amines) is 1. The number of carbonyl (C=O) groups excluding carboxylic acids is 2. The monoisotopic (exact) mass is 478 g/mol. The second kappa shape index (κ2) is 11.8. The number of halogens is 1. The molecule has 0 aromatic heterocycles. The molecule has 0 bridgehead atoms. The highest BCUT2D eigenvalue weighted by Gasteiger charge is 2.41. The number of nitrogens with one attached hydrogen (secondary N) is 1. The van der Waals surface area contributed by atoms with Crippen molar-refractivity contribution in [1.82, 2.24) is 4.90 Å². The van der Waals surface area contributed by atoms with Crippen molar-refractivity contribution in [3.63, 3.8) is 0 Å². The van der Waals surface area contributed by atoms with Gasteiger partial charge in [-0.3, -0.25) is 19.8 Å². The number of ether oxygens (including phenoxy) is 1. The maximum absolute atomic E-state index is 12.4. The molecule has 0 aliphatic carbocycles. The number of aliphatic carboxylic acids is 1. The van der Waals surface area contributed by atoms with Crippen molar-refractivity contribution < 1.29 is 29.7 Å². The molecule has 2 aromatic rings. The normalized spacial score (nSPS) is 17.0. The number of amides is 2. The highest BCUT2D eigenvalue weighted by Crippen LogP contribution is 2.28. The summed E-state index contributed by atoms with van der Waals surface area (Å²) < 4.78 is 5.81. The van der Waals surface area contributed by atoms with Crippen LogP contribution in [0.25, 0.3) is 11.1 Å². The van der Waals surface area contributed by atoms with Crippen LogP contribution >= 0.6 is 12.4 Å². The fraction of sp³-hybridized carbons (Fsp3) is 0.273. The standard InChI is InChI=1S/C22H24N4O5.ClH.H2O/c23-19(27)11-26-17(9-16(22(26)30)10-20(28)29)12-31-18-7-5-14(6-8-18)13-1-3-15(4-2-13)21(24)25;;/h1-8,16-17H,9-12H2,(H2,23,27)(H3,24,25)(H,28,29);1H;1H2/t16-,17-;;/m0../s1. The van der Waals surface area contributed by atoms with E-state index in [2.05, 4.69) is 0 Å². The van der Waals surface area contributed by atoms with Crippen LogP contribution in [0.4, 0.5) is 0 Å². The predicted molar refractivity (Wildman–Crippen MR) is 124 cm³/mol. The Bertz CT molecular complexity index is 997. The Kier molecular flexibility index (Phi) is 9.83. The summed E-state index contributed by atoms with van der Waals surface area (Å²) in [5, 5.41) is 16.5. The molecule has 2 aromatic carbocycles. The van der Waals surface area contributed by atoms with Crippen molar-refractivity contribution in [2.45, 2.75) is 18.9 Å². The van der Waals surface area contributed by atoms with Crippen molar-refractivity contribution in [2.75, 3.05) is 13.2 Å². The van der Waals surface area contributed by atoms with Gasteiger partial charge < -0.3 is 31.7 Å². The molecule has 1 fully saturated rings. The molecule has 3 rings (SSSR count). The third kappa shape index (κ3) is 6.93. The maximum atomic E-state index is 12.4. The molecule has 0 saturated carbocycles. The molecule has 10 nitrogen and oxygen atoms in total. The van der Waals surface area contributed by atoms with E-state index in [1.165, 1.54) is 4.90 Å². The number of hydrogen-bond donors (Lipinski definition) is 4. The molecule has 1 heterocycles. The lowest BCUT2D eigenvalue weighted by Gasteiger charge is -2.23. The van der Waals surface area contributed by atoms with E-state index in [9.17, 15) is 14.4 Å². The number of nitrogens with two attached hydrogens (primary N) is 2. The quantitative estimate of drug-likeness (QED) is 0.304. The summed E-state index contributed by atoms with van der Waals surface area (Å²) >= 11 is 0. The van der Waals surface area contributed by atoms with Gasteiger partial charge in [-0.1, -0.05) is 36.4 Å². The number of nitrogens with zero attached hydrogens (tertiary/aromatic N) is 1. The first kappa shape index (κ1) is 27.4. The summed E-state index contributed by atoms with van der Waals surface area (Å²) in [6.45, 7) is -0.139. The molecular formula is C22H27ClN4O6. The Hall–Kier alpha value is -3.63. The van der Waals surface area contributed by atoms with Gasteiger partial charge in [0.2, 0.25) is 11.8 Å². The smallest absolute Gasteiger partial charge is 0.304 e. The summed E-state index contributed by atoms with van der Waals surface area (Å²) in [6, 6.07) is 14.2. The first-order chi connectivity index (χ1) is 14.7. The number of carboxylic acid groups (broad SMARTS) is 1. The van der Waals surface area contributed by atoms with Crippen LogP contribution in [0.5, 0.6) is 5.75 Å². The number of nitrogen functional groups attached to an aromatic ring is 1. The third-order valence-corrected chi connectivity index (χ3v) is 5.20. The SMILES string of the molecule is Cl.N=C(N)c1ccc(-c2ccc(OC[C@@H]3C[C@@H](CC(=O)O)C(=O)N3CC(N)=O)cc2)cc1.O. The van der Waals surface area contributed by atoms with E-state index in [4.69, 9.17) is 26.7 Å². The number of carboxylic acids is 1. The molecule has 0 radical (unpaired) electrons. The molecular weight excluding hydrogens is 452 g/mol. The Balaban J connectivity index is 0.00000272. The Morgan fingerprint density at radius 2 is 1.61 bits per heavy atom. The van der Waals surface area contributed by atoms with Gasteiger partial charge in [-0.15, -0.1) is 12.4 Å². The molecule has 0 spiro atoms. The molecule has 11 heteroatoms. The molecule has 1 aliphatic heterocycles. The minimum absolute atomic E-state index is 0. The van der Waals surface area contributed by atoms with E-state index in [-0.39, 0.29) is 49.2 Å². The molecule has 1 saturated heterocycles. The average Bonchev–Trinajstić information content (AvgIpc) is 3.00. The van der Waals surface area contributed by atoms with E-state index in [1.807, 2.05) is 24.3 Å². The minimum atomic E-state index is -1.06. The van der Waals surface area contributed by atoms with Gasteiger partial charge in [0.05, 0.1) is 24.9 Å². The third-order valence-electron chi connectivity index (χ3n) is 5.20. The van der Waals surface area contributed by atoms with Crippen LogP contribution in [-0.4, -0.2) is 58.3 Å². The molecule has 33 heavy (non-hydrogen) atoms. The number of carbonyl (C=O) groups is 3. The predicted octanol–water partition coefficient (Wildman–Crippen LogP) is 0.791. The van der Waals surface area contributed by atoms with Gasteiger partial charge >= 0.3 is 5.97 Å². The fourth-order valence-electron chi connectivity index (χ4n) is 3.66. The Labute approximate surface area is 196 Å². The van der Waals surface area contributed by atoms with Crippen LogP contribution in [0, 0.1) is 11.3 Å². The molecule has 1 aliphatic rings. The molecule has 0 unspecified atom stereocenters. The van der Waals surface area contributed by atoms with Gasteiger partial charge in [-0.2, -0.15) is 0 Å². The molecule has 8 N–H and O–H groups in total. The topological polar surface area (TPSA) is 191 Å². The first-order valence-electron chi connectivity index (χ1n) is 9.73. The van der Waals surface area contributed by atoms with E-state index in [1.54, 1.807) is 24.3 Å². The summed E-state index contributed by atoms with van der Waals surface area (Å²) in [4.78, 5) is 36.1. The van der Waals surface area contributed by atoms with Crippen molar-refractivity contribution in [3.05, 3.63) is 54.1 Å². The first-order valence-corrected chi connectivity index (χ1v) is 9.73. The second-order valence-corrected chi connectivity index (χ2v) is 7.44. The molecule has 178 valence electrons. The van der Waals surface area contributed by atoms with Gasteiger partial charge in [0, 0.05) is 5.56 Å². The average molecular weight is 479 g/mol. The van der Waals surface area contributed by atoms with Crippen LogP contribution in [0.3, 0.4) is 0 Å². The van der Waals surface area contributed by atoms with E-state index >= 15 is 0 Å². The zero-order chi connectivity index (χ0) is 22.5. The Morgan fingerprint density at radius 1 is 1.06 bits per heavy atom. The number of primary amides is 1.